The summed E-state index contributed by atoms with van der Waals surface area (Å²) in [5, 5.41) is 3.81. The van der Waals surface area contributed by atoms with E-state index in [1.165, 1.54) is 6.92 Å². The fourth-order valence-electron chi connectivity index (χ4n) is 2.31. The highest BCUT2D eigenvalue weighted by Gasteiger charge is 2.22. The maximum absolute atomic E-state index is 12.3. The molecule has 0 amide bonds. The van der Waals surface area contributed by atoms with Gasteiger partial charge < -0.3 is 9.51 Å². The number of rotatable bonds is 3. The van der Waals surface area contributed by atoms with Crippen molar-refractivity contribution in [1.82, 2.24) is 14.7 Å². The second-order valence-electron chi connectivity index (χ2n) is 4.65. The van der Waals surface area contributed by atoms with Gasteiger partial charge in [0.25, 0.3) is 5.56 Å². The van der Waals surface area contributed by atoms with Gasteiger partial charge in [0.1, 0.15) is 5.76 Å². The molecule has 7 nitrogen and oxygen atoms in total. The fourth-order valence-corrected chi connectivity index (χ4v) is 2.31. The number of aromatic amines is 1. The molecule has 1 atom stereocenters. The summed E-state index contributed by atoms with van der Waals surface area (Å²) in [6.07, 6.45) is 1.14. The van der Waals surface area contributed by atoms with E-state index in [0.717, 1.165) is 10.8 Å². The maximum atomic E-state index is 12.3. The molecule has 0 aliphatic heterocycles. The molecule has 1 unspecified atom stereocenters. The number of hydrogen-bond donors (Lipinski definition) is 1. The molecule has 0 aliphatic carbocycles. The summed E-state index contributed by atoms with van der Waals surface area (Å²) in [5.74, 6) is 0.139. The fraction of sp³-hybridized carbons (Fsp3) is 0.385. The van der Waals surface area contributed by atoms with Gasteiger partial charge in [-0.2, -0.15) is 0 Å². The van der Waals surface area contributed by atoms with Gasteiger partial charge in [-0.05, 0) is 27.7 Å². The van der Waals surface area contributed by atoms with Crippen molar-refractivity contribution in [2.75, 3.05) is 0 Å². The van der Waals surface area contributed by atoms with Crippen LogP contribution in [0, 0.1) is 13.8 Å². The quantitative estimate of drug-likeness (QED) is 0.842. The molecule has 0 fully saturated rings. The van der Waals surface area contributed by atoms with Crippen LogP contribution in [0.4, 0.5) is 0 Å². The van der Waals surface area contributed by atoms with Crippen LogP contribution in [-0.4, -0.2) is 20.5 Å². The van der Waals surface area contributed by atoms with Crippen molar-refractivity contribution < 1.29 is 9.32 Å². The van der Waals surface area contributed by atoms with Crippen molar-refractivity contribution in [3.8, 4) is 0 Å². The third kappa shape index (κ3) is 2.11. The van der Waals surface area contributed by atoms with Gasteiger partial charge in [0.15, 0.2) is 5.78 Å². The van der Waals surface area contributed by atoms with Gasteiger partial charge in [-0.1, -0.05) is 5.16 Å². The maximum Gasteiger partial charge on any atom is 0.328 e. The molecule has 1 N–H and O–H groups in total. The summed E-state index contributed by atoms with van der Waals surface area (Å²) in [7, 11) is 0. The van der Waals surface area contributed by atoms with Crippen LogP contribution >= 0.6 is 0 Å². The van der Waals surface area contributed by atoms with Crippen LogP contribution in [0.15, 0.2) is 20.3 Å². The van der Waals surface area contributed by atoms with E-state index in [9.17, 15) is 14.4 Å². The highest BCUT2D eigenvalue weighted by Crippen LogP contribution is 2.22. The first-order valence-corrected chi connectivity index (χ1v) is 6.12. The number of carbonyl (C=O) groups excluding carboxylic acids is 1. The number of nitrogens with one attached hydrogen (secondary N) is 1. The second kappa shape index (κ2) is 4.92. The zero-order chi connectivity index (χ0) is 15.0. The lowest BCUT2D eigenvalue weighted by Crippen LogP contribution is -2.40. The second-order valence-corrected chi connectivity index (χ2v) is 4.65. The van der Waals surface area contributed by atoms with Gasteiger partial charge in [0.2, 0.25) is 0 Å². The average Bonchev–Trinajstić information content (AvgIpc) is 2.68. The molecular weight excluding hydrogens is 262 g/mol. The number of ketones is 1. The summed E-state index contributed by atoms with van der Waals surface area (Å²) in [4.78, 5) is 38.0. The number of carbonyl (C=O) groups is 1. The molecule has 106 valence electrons. The highest BCUT2D eigenvalue weighted by molar-refractivity contribution is 5.93. The Morgan fingerprint density at radius 2 is 2.05 bits per heavy atom. The van der Waals surface area contributed by atoms with E-state index in [-0.39, 0.29) is 5.56 Å². The van der Waals surface area contributed by atoms with E-state index in [0.29, 0.717) is 17.0 Å². The Labute approximate surface area is 114 Å². The monoisotopic (exact) mass is 277 g/mol. The van der Waals surface area contributed by atoms with Crippen LogP contribution in [-0.2, 0) is 0 Å². The molecule has 2 rings (SSSR count). The first kappa shape index (κ1) is 14.0. The minimum Gasteiger partial charge on any atom is -0.361 e. The Kier molecular flexibility index (Phi) is 3.44. The molecule has 2 aromatic heterocycles. The summed E-state index contributed by atoms with van der Waals surface area (Å²) >= 11 is 0. The van der Waals surface area contributed by atoms with Crippen molar-refractivity contribution in [3.63, 3.8) is 0 Å². The van der Waals surface area contributed by atoms with Gasteiger partial charge in [-0.25, -0.2) is 4.79 Å². The molecule has 0 aliphatic rings. The molecule has 2 aromatic rings. The number of hydrogen-bond acceptors (Lipinski definition) is 5. The summed E-state index contributed by atoms with van der Waals surface area (Å²) in [6.45, 7) is 6.41. The molecule has 0 radical (unpaired) electrons. The SMILES string of the molecule is CC(=O)c1c[nH]c(=O)n(C(C)c2c(C)noc2C)c1=O. The minimum atomic E-state index is -0.617. The Bertz CT molecular complexity index is 762. The smallest absolute Gasteiger partial charge is 0.328 e. The first-order chi connectivity index (χ1) is 9.34. The van der Waals surface area contributed by atoms with Crippen molar-refractivity contribution in [2.24, 2.45) is 0 Å². The zero-order valence-corrected chi connectivity index (χ0v) is 11.7. The van der Waals surface area contributed by atoms with E-state index >= 15 is 0 Å². The number of nitrogens with zero attached hydrogens (tertiary/aromatic N) is 2. The van der Waals surface area contributed by atoms with E-state index in [2.05, 4.69) is 10.1 Å². The van der Waals surface area contributed by atoms with E-state index < -0.39 is 23.1 Å². The largest absolute Gasteiger partial charge is 0.361 e. The highest BCUT2D eigenvalue weighted by atomic mass is 16.5. The predicted molar refractivity (Wildman–Crippen MR) is 71.1 cm³/mol. The molecule has 2 heterocycles. The molecule has 0 spiro atoms. The summed E-state index contributed by atoms with van der Waals surface area (Å²) < 4.78 is 6.05. The molecule has 0 aromatic carbocycles. The van der Waals surface area contributed by atoms with Crippen LogP contribution in [0.3, 0.4) is 0 Å². The minimum absolute atomic E-state index is 0.0526. The van der Waals surface area contributed by atoms with Gasteiger partial charge in [0, 0.05) is 11.8 Å². The van der Waals surface area contributed by atoms with Gasteiger partial charge in [-0.3, -0.25) is 14.2 Å². The number of aryl methyl sites for hydroxylation is 2. The standard InChI is InChI=1S/C13H15N3O4/c1-6-11(9(4)20-15-6)7(2)16-12(18)10(8(3)17)5-14-13(16)19/h5,7H,1-4H3,(H,14,19). The van der Waals surface area contributed by atoms with Crippen LogP contribution in [0.5, 0.6) is 0 Å². The molecule has 20 heavy (non-hydrogen) atoms. The molecule has 0 bridgehead atoms. The normalized spacial score (nSPS) is 12.4. The van der Waals surface area contributed by atoms with Crippen LogP contribution in [0.25, 0.3) is 0 Å². The predicted octanol–water partition coefficient (Wildman–Crippen LogP) is 0.953. The van der Waals surface area contributed by atoms with E-state index in [4.69, 9.17) is 4.52 Å². The third-order valence-electron chi connectivity index (χ3n) is 3.28. The van der Waals surface area contributed by atoms with Gasteiger partial charge in [-0.15, -0.1) is 0 Å². The zero-order valence-electron chi connectivity index (χ0n) is 11.7. The Balaban J connectivity index is 2.70. The van der Waals surface area contributed by atoms with E-state index in [1.807, 2.05) is 0 Å². The Morgan fingerprint density at radius 3 is 2.55 bits per heavy atom. The van der Waals surface area contributed by atoms with Gasteiger partial charge >= 0.3 is 5.69 Å². The van der Waals surface area contributed by atoms with Crippen molar-refractivity contribution in [3.05, 3.63) is 49.6 Å². The first-order valence-electron chi connectivity index (χ1n) is 6.12. The number of Topliss-reactive ketones (excluding diaryl/α,β-unsaturated/α-hetero) is 1. The Hall–Kier alpha value is -2.44. The lowest BCUT2D eigenvalue weighted by atomic mass is 10.1. The molecule has 0 saturated heterocycles. The van der Waals surface area contributed by atoms with Crippen molar-refractivity contribution in [1.29, 1.82) is 0 Å². The number of aromatic nitrogens is 3. The summed E-state index contributed by atoms with van der Waals surface area (Å²) in [5.41, 5.74) is 0.0253. The Morgan fingerprint density at radius 1 is 1.40 bits per heavy atom. The lowest BCUT2D eigenvalue weighted by molar-refractivity contribution is 0.101. The van der Waals surface area contributed by atoms with E-state index in [1.54, 1.807) is 20.8 Å². The summed E-state index contributed by atoms with van der Waals surface area (Å²) in [6, 6.07) is -0.572. The average molecular weight is 277 g/mol. The molecular formula is C13H15N3O4. The topological polar surface area (TPSA) is 98.0 Å². The molecule has 7 heteroatoms. The van der Waals surface area contributed by atoms with Crippen LogP contribution in [0.1, 0.15) is 47.3 Å². The number of H-pyrrole nitrogens is 1. The third-order valence-corrected chi connectivity index (χ3v) is 3.28. The van der Waals surface area contributed by atoms with Crippen molar-refractivity contribution in [2.45, 2.75) is 33.7 Å². The molecule has 0 saturated carbocycles. The van der Waals surface area contributed by atoms with Crippen molar-refractivity contribution >= 4 is 5.78 Å². The van der Waals surface area contributed by atoms with Crippen LogP contribution < -0.4 is 11.2 Å². The van der Waals surface area contributed by atoms with Gasteiger partial charge in [0.05, 0.1) is 17.3 Å². The lowest BCUT2D eigenvalue weighted by Gasteiger charge is -2.14. The van der Waals surface area contributed by atoms with Crippen LogP contribution in [0.2, 0.25) is 0 Å².